The first-order chi connectivity index (χ1) is 15.5. The topological polar surface area (TPSA) is 3.24 Å². The maximum atomic E-state index is 3.90. The summed E-state index contributed by atoms with van der Waals surface area (Å²) < 4.78 is 3.20. The molecule has 182 valence electrons. The van der Waals surface area contributed by atoms with Crippen molar-refractivity contribution in [2.75, 3.05) is 4.90 Å². The van der Waals surface area contributed by atoms with Gasteiger partial charge in [0.25, 0.3) is 0 Å². The monoisotopic (exact) mass is 647 g/mol. The third kappa shape index (κ3) is 5.99. The zero-order valence-electron chi connectivity index (χ0n) is 21.8. The molecule has 1 nitrogen and oxygen atoms in total. The predicted octanol–water partition coefficient (Wildman–Crippen LogP) is 11.3. The van der Waals surface area contributed by atoms with Crippen molar-refractivity contribution in [2.24, 2.45) is 0 Å². The minimum Gasteiger partial charge on any atom is -0.307 e. The van der Waals surface area contributed by atoms with E-state index in [1.807, 2.05) is 0 Å². The Morgan fingerprint density at radius 1 is 0.441 bits per heavy atom. The van der Waals surface area contributed by atoms with Crippen molar-refractivity contribution < 1.29 is 0 Å². The van der Waals surface area contributed by atoms with Crippen molar-refractivity contribution in [2.45, 2.75) is 78.6 Å². The molecule has 0 aliphatic carbocycles. The molecule has 0 saturated heterocycles. The molecular formula is C30H36Br3N. The van der Waals surface area contributed by atoms with Crippen molar-refractivity contribution in [3.05, 3.63) is 84.7 Å². The molecule has 0 amide bonds. The smallest absolute Gasteiger partial charge is 0.0604 e. The van der Waals surface area contributed by atoms with Gasteiger partial charge in [-0.25, -0.2) is 0 Å². The molecule has 4 heteroatoms. The normalized spacial score (nSPS) is 12.7. The van der Waals surface area contributed by atoms with E-state index < -0.39 is 0 Å². The van der Waals surface area contributed by atoms with Crippen LogP contribution in [-0.2, 0) is 16.2 Å². The van der Waals surface area contributed by atoms with Gasteiger partial charge in [0.05, 0.1) is 17.1 Å². The molecule has 3 aromatic rings. The Kier molecular flexibility index (Phi) is 7.88. The molecule has 0 aliphatic heterocycles. The van der Waals surface area contributed by atoms with Crippen LogP contribution >= 0.6 is 47.8 Å². The minimum absolute atomic E-state index is 0.0791. The molecule has 0 bridgehead atoms. The van der Waals surface area contributed by atoms with Gasteiger partial charge in [-0.05, 0) is 117 Å². The van der Waals surface area contributed by atoms with Crippen LogP contribution in [0.25, 0.3) is 0 Å². The van der Waals surface area contributed by atoms with Crippen molar-refractivity contribution in [3.63, 3.8) is 0 Å². The van der Waals surface area contributed by atoms with Crippen LogP contribution in [0, 0.1) is 0 Å². The SMILES string of the molecule is CC(C)(C)c1ccc(N(c2ccc(C(C)(C)C)cc2Br)c2ccc(C(C)(C)C)cc2Br)c(Br)c1. The van der Waals surface area contributed by atoms with Gasteiger partial charge in [0.1, 0.15) is 0 Å². The van der Waals surface area contributed by atoms with E-state index in [-0.39, 0.29) is 16.2 Å². The Labute approximate surface area is 231 Å². The lowest BCUT2D eigenvalue weighted by Gasteiger charge is -2.31. The molecule has 34 heavy (non-hydrogen) atoms. The Morgan fingerprint density at radius 3 is 0.853 bits per heavy atom. The van der Waals surface area contributed by atoms with Gasteiger partial charge < -0.3 is 4.90 Å². The Hall–Kier alpha value is -1.10. The fraction of sp³-hybridized carbons (Fsp3) is 0.400. The zero-order chi connectivity index (χ0) is 25.6. The van der Waals surface area contributed by atoms with Crippen LogP contribution in [0.15, 0.2) is 68.0 Å². The van der Waals surface area contributed by atoms with Gasteiger partial charge in [0.2, 0.25) is 0 Å². The molecule has 3 rings (SSSR count). The highest BCUT2D eigenvalue weighted by Crippen LogP contribution is 2.47. The molecule has 0 heterocycles. The van der Waals surface area contributed by atoms with Gasteiger partial charge in [-0.1, -0.05) is 80.5 Å². The van der Waals surface area contributed by atoms with Gasteiger partial charge in [-0.2, -0.15) is 0 Å². The van der Waals surface area contributed by atoms with Gasteiger partial charge in [-0.3, -0.25) is 0 Å². The first kappa shape index (κ1) is 27.5. The summed E-state index contributed by atoms with van der Waals surface area (Å²) in [5, 5.41) is 0. The lowest BCUT2D eigenvalue weighted by atomic mass is 9.86. The third-order valence-electron chi connectivity index (χ3n) is 6.16. The van der Waals surface area contributed by atoms with E-state index in [1.165, 1.54) is 16.7 Å². The summed E-state index contributed by atoms with van der Waals surface area (Å²) in [6, 6.07) is 20.1. The summed E-state index contributed by atoms with van der Waals surface area (Å²) in [6.07, 6.45) is 0. The van der Waals surface area contributed by atoms with Gasteiger partial charge in [0.15, 0.2) is 0 Å². The molecule has 0 atom stereocenters. The van der Waals surface area contributed by atoms with Crippen LogP contribution < -0.4 is 4.90 Å². The predicted molar refractivity (Wildman–Crippen MR) is 160 cm³/mol. The first-order valence-electron chi connectivity index (χ1n) is 11.7. The quantitative estimate of drug-likeness (QED) is 0.273. The van der Waals surface area contributed by atoms with Crippen LogP contribution in [0.4, 0.5) is 17.1 Å². The largest absolute Gasteiger partial charge is 0.307 e. The molecule has 0 unspecified atom stereocenters. The van der Waals surface area contributed by atoms with Crippen LogP contribution in [0.5, 0.6) is 0 Å². The second kappa shape index (κ2) is 9.75. The molecule has 0 radical (unpaired) electrons. The molecule has 0 aromatic heterocycles. The summed E-state index contributed by atoms with van der Waals surface area (Å²) in [5.41, 5.74) is 7.43. The average Bonchev–Trinajstić information content (AvgIpc) is 2.69. The van der Waals surface area contributed by atoms with E-state index >= 15 is 0 Å². The maximum absolute atomic E-state index is 3.90. The fourth-order valence-electron chi connectivity index (χ4n) is 3.85. The zero-order valence-corrected chi connectivity index (χ0v) is 26.5. The molecule has 0 aliphatic rings. The van der Waals surface area contributed by atoms with Crippen LogP contribution in [0.1, 0.15) is 79.0 Å². The van der Waals surface area contributed by atoms with Gasteiger partial charge >= 0.3 is 0 Å². The number of rotatable bonds is 3. The van der Waals surface area contributed by atoms with Crippen molar-refractivity contribution in [1.82, 2.24) is 0 Å². The first-order valence-corrected chi connectivity index (χ1v) is 14.1. The van der Waals surface area contributed by atoms with E-state index in [0.717, 1.165) is 30.5 Å². The fourth-order valence-corrected chi connectivity index (χ4v) is 5.52. The maximum Gasteiger partial charge on any atom is 0.0604 e. The van der Waals surface area contributed by atoms with Gasteiger partial charge in [0, 0.05) is 13.4 Å². The molecule has 0 saturated carbocycles. The van der Waals surface area contributed by atoms with E-state index in [1.54, 1.807) is 0 Å². The van der Waals surface area contributed by atoms with Crippen molar-refractivity contribution >= 4 is 64.9 Å². The van der Waals surface area contributed by atoms with E-state index in [4.69, 9.17) is 0 Å². The molecule has 0 fully saturated rings. The van der Waals surface area contributed by atoms with Gasteiger partial charge in [-0.15, -0.1) is 0 Å². The van der Waals surface area contributed by atoms with Crippen LogP contribution in [0.2, 0.25) is 0 Å². The Bertz CT molecular complexity index is 1040. The Balaban J connectivity index is 2.26. The standard InChI is InChI=1S/C30H36Br3N/c1-28(2,3)19-10-13-25(22(31)16-19)34(26-14-11-20(17-23(26)32)29(4,5)6)27-15-12-21(18-24(27)33)30(7,8)9/h10-18H,1-9H3. The van der Waals surface area contributed by atoms with Crippen molar-refractivity contribution in [3.8, 4) is 0 Å². The summed E-state index contributed by atoms with van der Waals surface area (Å²) in [5.74, 6) is 0. The highest BCUT2D eigenvalue weighted by molar-refractivity contribution is 9.11. The number of hydrogen-bond donors (Lipinski definition) is 0. The number of halogens is 3. The van der Waals surface area contributed by atoms with E-state index in [9.17, 15) is 0 Å². The Morgan fingerprint density at radius 2 is 0.676 bits per heavy atom. The molecule has 0 spiro atoms. The highest BCUT2D eigenvalue weighted by Gasteiger charge is 2.25. The molecule has 3 aromatic carbocycles. The molecule has 0 N–H and O–H groups in total. The lowest BCUT2D eigenvalue weighted by molar-refractivity contribution is 0.590. The van der Waals surface area contributed by atoms with E-state index in [2.05, 4.69) is 170 Å². The highest BCUT2D eigenvalue weighted by atomic mass is 79.9. The second-order valence-corrected chi connectivity index (χ2v) is 14.6. The average molecular weight is 650 g/mol. The number of nitrogens with zero attached hydrogens (tertiary/aromatic N) is 1. The minimum atomic E-state index is 0.0791. The summed E-state index contributed by atoms with van der Waals surface area (Å²) in [7, 11) is 0. The second-order valence-electron chi connectivity index (χ2n) is 12.1. The van der Waals surface area contributed by atoms with Crippen molar-refractivity contribution in [1.29, 1.82) is 0 Å². The number of anilines is 3. The van der Waals surface area contributed by atoms with Crippen LogP contribution in [-0.4, -0.2) is 0 Å². The summed E-state index contributed by atoms with van der Waals surface area (Å²) in [4.78, 5) is 2.32. The molecular weight excluding hydrogens is 614 g/mol. The number of benzene rings is 3. The third-order valence-corrected chi connectivity index (χ3v) is 8.07. The van der Waals surface area contributed by atoms with E-state index in [0.29, 0.717) is 0 Å². The summed E-state index contributed by atoms with van der Waals surface area (Å²) in [6.45, 7) is 20.2. The number of hydrogen-bond acceptors (Lipinski definition) is 1. The summed E-state index contributed by atoms with van der Waals surface area (Å²) >= 11 is 11.7. The lowest BCUT2D eigenvalue weighted by Crippen LogP contribution is -2.17. The van der Waals surface area contributed by atoms with Crippen LogP contribution in [0.3, 0.4) is 0 Å².